The maximum absolute atomic E-state index is 13.7. The number of rotatable bonds is 6. The Morgan fingerprint density at radius 1 is 1.26 bits per heavy atom. The van der Waals surface area contributed by atoms with Crippen LogP contribution in [0.1, 0.15) is 28.4 Å². The number of nitrogens with zero attached hydrogens (tertiary/aromatic N) is 2. The van der Waals surface area contributed by atoms with Gasteiger partial charge < -0.3 is 15.2 Å². The summed E-state index contributed by atoms with van der Waals surface area (Å²) in [7, 11) is 1.87. The second kappa shape index (κ2) is 9.57. The van der Waals surface area contributed by atoms with Gasteiger partial charge in [0.05, 0.1) is 11.8 Å². The number of imidazole rings is 1. The average Bonchev–Trinajstić information content (AvgIpc) is 3.18. The first-order chi connectivity index (χ1) is 15.0. The molecule has 1 aliphatic heterocycles. The fourth-order valence-corrected chi connectivity index (χ4v) is 5.12. The normalized spacial score (nSPS) is 15.2. The molecular weight excluding hydrogens is 435 g/mol. The predicted octanol–water partition coefficient (Wildman–Crippen LogP) is 4.26. The van der Waals surface area contributed by atoms with E-state index in [0.717, 1.165) is 27.8 Å². The van der Waals surface area contributed by atoms with Crippen molar-refractivity contribution >= 4 is 41.0 Å². The third-order valence-corrected chi connectivity index (χ3v) is 7.04. The van der Waals surface area contributed by atoms with E-state index in [0.29, 0.717) is 11.3 Å². The van der Waals surface area contributed by atoms with Gasteiger partial charge in [-0.3, -0.25) is 9.59 Å². The third-order valence-electron chi connectivity index (χ3n) is 4.86. The molecule has 2 heterocycles. The molecule has 1 aliphatic rings. The zero-order valence-corrected chi connectivity index (χ0v) is 18.4. The Labute approximate surface area is 188 Å². The van der Waals surface area contributed by atoms with Gasteiger partial charge >= 0.3 is 0 Å². The molecule has 1 atom stereocenters. The van der Waals surface area contributed by atoms with Gasteiger partial charge in [-0.15, -0.1) is 11.8 Å². The van der Waals surface area contributed by atoms with Crippen molar-refractivity contribution in [3.63, 3.8) is 0 Å². The molecule has 1 aromatic heterocycles. The molecule has 0 radical (unpaired) electrons. The second-order valence-corrected chi connectivity index (χ2v) is 9.16. The summed E-state index contributed by atoms with van der Waals surface area (Å²) in [4.78, 5) is 30.0. The van der Waals surface area contributed by atoms with Gasteiger partial charge in [-0.05, 0) is 54.4 Å². The number of carbonyl (C=O) groups excluding carboxylic acids is 2. The molecule has 0 bridgehead atoms. The highest BCUT2D eigenvalue weighted by molar-refractivity contribution is 7.99. The average molecular weight is 457 g/mol. The molecule has 2 N–H and O–H groups in total. The molecule has 0 spiro atoms. The zero-order valence-electron chi connectivity index (χ0n) is 16.8. The number of hydrogen-bond donors (Lipinski definition) is 2. The van der Waals surface area contributed by atoms with E-state index in [4.69, 9.17) is 0 Å². The largest absolute Gasteiger partial charge is 0.345 e. The standard InChI is InChI=1S/C22H21FN4O2S2/c1-27-10-9-24-22(27)31-13-20(28)25-16-5-2-14(3-6-16)21(29)26-18-8-11-30-19-7-4-15(23)12-17(18)19/h2-7,9-10,12,18H,8,11,13H2,1H3,(H,25,28)(H,26,29)/t18-/m0/s1. The summed E-state index contributed by atoms with van der Waals surface area (Å²) < 4.78 is 15.5. The molecule has 3 aromatic rings. The van der Waals surface area contributed by atoms with Crippen molar-refractivity contribution in [2.75, 3.05) is 16.8 Å². The molecule has 0 saturated heterocycles. The van der Waals surface area contributed by atoms with Gasteiger partial charge in [-0.25, -0.2) is 9.37 Å². The van der Waals surface area contributed by atoms with Crippen molar-refractivity contribution in [3.05, 3.63) is 71.8 Å². The first kappa shape index (κ1) is 21.5. The van der Waals surface area contributed by atoms with Gasteiger partial charge in [0.15, 0.2) is 5.16 Å². The minimum absolute atomic E-state index is 0.149. The highest BCUT2D eigenvalue weighted by atomic mass is 32.2. The summed E-state index contributed by atoms with van der Waals surface area (Å²) in [6.07, 6.45) is 4.26. The van der Waals surface area contributed by atoms with E-state index in [1.807, 2.05) is 17.8 Å². The summed E-state index contributed by atoms with van der Waals surface area (Å²) in [5.41, 5.74) is 1.92. The molecular formula is C22H21FN4O2S2. The lowest BCUT2D eigenvalue weighted by Gasteiger charge is -2.26. The third kappa shape index (κ3) is 5.29. The monoisotopic (exact) mass is 456 g/mol. The molecule has 0 fully saturated rings. The van der Waals surface area contributed by atoms with Crippen LogP contribution >= 0.6 is 23.5 Å². The van der Waals surface area contributed by atoms with E-state index in [2.05, 4.69) is 15.6 Å². The van der Waals surface area contributed by atoms with Gasteiger partial charge in [0, 0.05) is 41.3 Å². The molecule has 6 nitrogen and oxygen atoms in total. The fourth-order valence-electron chi connectivity index (χ4n) is 3.28. The Morgan fingerprint density at radius 3 is 2.81 bits per heavy atom. The molecule has 4 rings (SSSR count). The second-order valence-electron chi connectivity index (χ2n) is 7.08. The van der Waals surface area contributed by atoms with Crippen molar-refractivity contribution < 1.29 is 14.0 Å². The van der Waals surface area contributed by atoms with Crippen LogP contribution in [-0.2, 0) is 11.8 Å². The Morgan fingerprint density at radius 2 is 2.06 bits per heavy atom. The van der Waals surface area contributed by atoms with Crippen LogP contribution in [0, 0.1) is 5.82 Å². The SMILES string of the molecule is Cn1ccnc1SCC(=O)Nc1ccc(C(=O)N[C@H]2CCSc3ccc(F)cc32)cc1. The maximum atomic E-state index is 13.7. The number of nitrogens with one attached hydrogen (secondary N) is 2. The highest BCUT2D eigenvalue weighted by Gasteiger charge is 2.23. The van der Waals surface area contributed by atoms with Crippen LogP contribution in [0.3, 0.4) is 0 Å². The number of aryl methyl sites for hydroxylation is 1. The first-order valence-electron chi connectivity index (χ1n) is 9.73. The van der Waals surface area contributed by atoms with Crippen LogP contribution in [-0.4, -0.2) is 32.9 Å². The summed E-state index contributed by atoms with van der Waals surface area (Å²) in [5, 5.41) is 6.59. The lowest BCUT2D eigenvalue weighted by atomic mass is 10.0. The van der Waals surface area contributed by atoms with Gasteiger partial charge in [0.2, 0.25) is 5.91 Å². The Balaban J connectivity index is 1.34. The molecule has 2 aromatic carbocycles. The van der Waals surface area contributed by atoms with Crippen LogP contribution in [0.15, 0.2) is 64.9 Å². The van der Waals surface area contributed by atoms with Crippen molar-refractivity contribution in [2.24, 2.45) is 7.05 Å². The van der Waals surface area contributed by atoms with Crippen LogP contribution in [0.5, 0.6) is 0 Å². The van der Waals surface area contributed by atoms with Gasteiger partial charge in [0.25, 0.3) is 5.91 Å². The van der Waals surface area contributed by atoms with E-state index in [1.165, 1.54) is 23.9 Å². The van der Waals surface area contributed by atoms with E-state index in [1.54, 1.807) is 48.3 Å². The fraction of sp³-hybridized carbons (Fsp3) is 0.227. The van der Waals surface area contributed by atoms with E-state index >= 15 is 0 Å². The smallest absolute Gasteiger partial charge is 0.251 e. The lowest BCUT2D eigenvalue weighted by Crippen LogP contribution is -2.30. The summed E-state index contributed by atoms with van der Waals surface area (Å²) in [5.74, 6) is 0.425. The summed E-state index contributed by atoms with van der Waals surface area (Å²) in [6, 6.07) is 11.2. The number of halogens is 1. The van der Waals surface area contributed by atoms with Crippen LogP contribution < -0.4 is 10.6 Å². The topological polar surface area (TPSA) is 76.0 Å². The maximum Gasteiger partial charge on any atom is 0.251 e. The lowest BCUT2D eigenvalue weighted by molar-refractivity contribution is -0.113. The zero-order chi connectivity index (χ0) is 21.8. The van der Waals surface area contributed by atoms with Crippen LogP contribution in [0.25, 0.3) is 0 Å². The molecule has 9 heteroatoms. The molecule has 160 valence electrons. The van der Waals surface area contributed by atoms with Crippen LogP contribution in [0.2, 0.25) is 0 Å². The summed E-state index contributed by atoms with van der Waals surface area (Å²) in [6.45, 7) is 0. The van der Waals surface area contributed by atoms with Gasteiger partial charge in [0.1, 0.15) is 5.82 Å². The van der Waals surface area contributed by atoms with Crippen molar-refractivity contribution in [3.8, 4) is 0 Å². The Hall–Kier alpha value is -2.78. The number of aromatic nitrogens is 2. The molecule has 31 heavy (non-hydrogen) atoms. The number of anilines is 1. The Bertz CT molecular complexity index is 1100. The number of fused-ring (bicyclic) bond motifs is 1. The molecule has 0 saturated carbocycles. The molecule has 0 unspecified atom stereocenters. The van der Waals surface area contributed by atoms with Crippen molar-refractivity contribution in [1.82, 2.24) is 14.9 Å². The molecule has 2 amide bonds. The minimum Gasteiger partial charge on any atom is -0.345 e. The van der Waals surface area contributed by atoms with E-state index in [-0.39, 0.29) is 29.4 Å². The number of carbonyl (C=O) groups is 2. The number of benzene rings is 2. The van der Waals surface area contributed by atoms with Crippen molar-refractivity contribution in [1.29, 1.82) is 0 Å². The first-order valence-corrected chi connectivity index (χ1v) is 11.7. The molecule has 0 aliphatic carbocycles. The van der Waals surface area contributed by atoms with Crippen molar-refractivity contribution in [2.45, 2.75) is 22.5 Å². The van der Waals surface area contributed by atoms with E-state index in [9.17, 15) is 14.0 Å². The number of hydrogen-bond acceptors (Lipinski definition) is 5. The number of amides is 2. The minimum atomic E-state index is -0.304. The van der Waals surface area contributed by atoms with Gasteiger partial charge in [-0.2, -0.15) is 0 Å². The van der Waals surface area contributed by atoms with E-state index < -0.39 is 0 Å². The summed E-state index contributed by atoms with van der Waals surface area (Å²) >= 11 is 3.02. The highest BCUT2D eigenvalue weighted by Crippen LogP contribution is 2.36. The van der Waals surface area contributed by atoms with Gasteiger partial charge in [-0.1, -0.05) is 11.8 Å². The Kier molecular flexibility index (Phi) is 6.62. The predicted molar refractivity (Wildman–Crippen MR) is 121 cm³/mol. The quantitative estimate of drug-likeness (QED) is 0.542. The van der Waals surface area contributed by atoms with Crippen LogP contribution in [0.4, 0.5) is 10.1 Å². The number of thioether (sulfide) groups is 2.